The van der Waals surface area contributed by atoms with Gasteiger partial charge < -0.3 is 5.11 Å². The summed E-state index contributed by atoms with van der Waals surface area (Å²) >= 11 is 0. The lowest BCUT2D eigenvalue weighted by Gasteiger charge is -2.07. The number of para-hydroxylation sites is 1. The second-order valence-corrected chi connectivity index (χ2v) is 4.34. The van der Waals surface area contributed by atoms with Crippen molar-refractivity contribution in [1.82, 2.24) is 14.2 Å². The van der Waals surface area contributed by atoms with Crippen LogP contribution in [0.15, 0.2) is 35.1 Å². The normalized spacial score (nSPS) is 11.2. The summed E-state index contributed by atoms with van der Waals surface area (Å²) in [6, 6.07) is 8.70. The van der Waals surface area contributed by atoms with E-state index in [0.29, 0.717) is 11.3 Å². The molecule has 0 aliphatic carbocycles. The highest BCUT2D eigenvalue weighted by molar-refractivity contribution is 5.93. The molecule has 6 heteroatoms. The molecule has 6 nitrogen and oxygen atoms in total. The standard InChI is InChI=1S/C13H11N3O3/c1-8-6-11(17)14-13-9-4-2-3-5-10(9)15(16(8)13)7-12(18)19/h2-6H,7H2,1H3,(H,18,19). The highest BCUT2D eigenvalue weighted by Gasteiger charge is 2.14. The van der Waals surface area contributed by atoms with Gasteiger partial charge >= 0.3 is 5.97 Å². The predicted molar refractivity (Wildman–Crippen MR) is 69.3 cm³/mol. The molecular formula is C13H11N3O3. The van der Waals surface area contributed by atoms with Crippen LogP contribution in [0.2, 0.25) is 0 Å². The van der Waals surface area contributed by atoms with Crippen LogP contribution in [0.5, 0.6) is 0 Å². The van der Waals surface area contributed by atoms with Crippen molar-refractivity contribution in [2.24, 2.45) is 0 Å². The van der Waals surface area contributed by atoms with E-state index in [-0.39, 0.29) is 12.1 Å². The second kappa shape index (κ2) is 3.94. The molecule has 0 radical (unpaired) electrons. The third-order valence-electron chi connectivity index (χ3n) is 3.03. The third-order valence-corrected chi connectivity index (χ3v) is 3.03. The predicted octanol–water partition coefficient (Wildman–Crippen LogP) is 1.04. The van der Waals surface area contributed by atoms with Crippen LogP contribution in [0, 0.1) is 6.92 Å². The van der Waals surface area contributed by atoms with E-state index in [1.54, 1.807) is 16.1 Å². The molecule has 2 heterocycles. The Morgan fingerprint density at radius 1 is 1.37 bits per heavy atom. The number of hydrogen-bond acceptors (Lipinski definition) is 3. The van der Waals surface area contributed by atoms with Gasteiger partial charge in [-0.2, -0.15) is 4.98 Å². The second-order valence-electron chi connectivity index (χ2n) is 4.34. The number of aryl methyl sites for hydroxylation is 1. The molecule has 0 fully saturated rings. The van der Waals surface area contributed by atoms with Gasteiger partial charge in [0, 0.05) is 17.1 Å². The number of aliphatic carboxylic acids is 1. The Labute approximate surface area is 107 Å². The van der Waals surface area contributed by atoms with Gasteiger partial charge in [0.2, 0.25) is 0 Å². The molecule has 0 saturated carbocycles. The van der Waals surface area contributed by atoms with Gasteiger partial charge in [0.05, 0.1) is 5.52 Å². The van der Waals surface area contributed by atoms with E-state index in [9.17, 15) is 9.59 Å². The van der Waals surface area contributed by atoms with E-state index in [1.807, 2.05) is 24.3 Å². The van der Waals surface area contributed by atoms with Crippen molar-refractivity contribution in [3.8, 4) is 0 Å². The smallest absolute Gasteiger partial charge is 0.325 e. The van der Waals surface area contributed by atoms with Crippen LogP contribution < -0.4 is 5.56 Å². The first-order chi connectivity index (χ1) is 9.08. The number of benzene rings is 1. The van der Waals surface area contributed by atoms with E-state index in [0.717, 1.165) is 10.9 Å². The zero-order chi connectivity index (χ0) is 13.6. The molecule has 3 aromatic rings. The molecule has 1 aromatic carbocycles. The first-order valence-corrected chi connectivity index (χ1v) is 5.77. The van der Waals surface area contributed by atoms with Crippen molar-refractivity contribution in [3.05, 3.63) is 46.4 Å². The van der Waals surface area contributed by atoms with Crippen molar-refractivity contribution in [1.29, 1.82) is 0 Å². The van der Waals surface area contributed by atoms with Gasteiger partial charge in [0.15, 0.2) is 5.65 Å². The molecule has 0 aliphatic heterocycles. The average molecular weight is 257 g/mol. The van der Waals surface area contributed by atoms with Crippen LogP contribution in [-0.4, -0.2) is 25.3 Å². The van der Waals surface area contributed by atoms with Gasteiger partial charge in [-0.3, -0.25) is 14.3 Å². The summed E-state index contributed by atoms with van der Waals surface area (Å²) in [4.78, 5) is 26.5. The summed E-state index contributed by atoms with van der Waals surface area (Å²) in [5, 5.41) is 9.80. The van der Waals surface area contributed by atoms with Crippen LogP contribution in [-0.2, 0) is 11.3 Å². The Kier molecular flexibility index (Phi) is 2.38. The minimum atomic E-state index is -0.944. The van der Waals surface area contributed by atoms with Crippen LogP contribution >= 0.6 is 0 Å². The molecule has 2 aromatic heterocycles. The summed E-state index contributed by atoms with van der Waals surface area (Å²) in [6.45, 7) is 1.57. The molecule has 0 spiro atoms. The van der Waals surface area contributed by atoms with Gasteiger partial charge in [-0.15, -0.1) is 0 Å². The summed E-state index contributed by atoms with van der Waals surface area (Å²) in [5.41, 5.74) is 1.57. The average Bonchev–Trinajstić information content (AvgIpc) is 2.64. The lowest BCUT2D eigenvalue weighted by molar-refractivity contribution is -0.137. The number of aromatic nitrogens is 3. The Bertz CT molecular complexity index is 861. The lowest BCUT2D eigenvalue weighted by atomic mass is 10.2. The lowest BCUT2D eigenvalue weighted by Crippen LogP contribution is -2.18. The van der Waals surface area contributed by atoms with Gasteiger partial charge in [-0.25, -0.2) is 4.52 Å². The molecule has 3 rings (SSSR count). The minimum absolute atomic E-state index is 0.185. The fourth-order valence-corrected chi connectivity index (χ4v) is 2.35. The molecule has 1 N–H and O–H groups in total. The SMILES string of the molecule is Cc1cc(=O)nc2c3ccccc3n(CC(=O)O)n12. The minimum Gasteiger partial charge on any atom is -0.480 e. The maximum atomic E-state index is 11.5. The number of carbonyl (C=O) groups is 1. The van der Waals surface area contributed by atoms with Crippen LogP contribution in [0.4, 0.5) is 0 Å². The van der Waals surface area contributed by atoms with E-state index in [4.69, 9.17) is 5.11 Å². The molecule has 0 aliphatic rings. The van der Waals surface area contributed by atoms with E-state index in [2.05, 4.69) is 4.98 Å². The van der Waals surface area contributed by atoms with Crippen molar-refractivity contribution in [2.75, 3.05) is 0 Å². The van der Waals surface area contributed by atoms with Crippen molar-refractivity contribution in [3.63, 3.8) is 0 Å². The van der Waals surface area contributed by atoms with Crippen molar-refractivity contribution >= 4 is 22.5 Å². The maximum absolute atomic E-state index is 11.5. The molecule has 0 saturated heterocycles. The topological polar surface area (TPSA) is 76.6 Å². The van der Waals surface area contributed by atoms with Gasteiger partial charge in [-0.1, -0.05) is 12.1 Å². The number of carboxylic acids is 1. The molecule has 19 heavy (non-hydrogen) atoms. The molecule has 0 atom stereocenters. The number of rotatable bonds is 2. The van der Waals surface area contributed by atoms with Gasteiger partial charge in [0.25, 0.3) is 5.56 Å². The molecular weight excluding hydrogens is 246 g/mol. The highest BCUT2D eigenvalue weighted by Crippen LogP contribution is 2.21. The van der Waals surface area contributed by atoms with Crippen LogP contribution in [0.3, 0.4) is 0 Å². The molecule has 0 bridgehead atoms. The first-order valence-electron chi connectivity index (χ1n) is 5.77. The summed E-state index contributed by atoms with van der Waals surface area (Å²) in [5.74, 6) is -0.944. The van der Waals surface area contributed by atoms with Crippen molar-refractivity contribution < 1.29 is 9.90 Å². The summed E-state index contributed by atoms with van der Waals surface area (Å²) in [6.07, 6.45) is 0. The van der Waals surface area contributed by atoms with Crippen molar-refractivity contribution in [2.45, 2.75) is 13.5 Å². The molecule has 0 unspecified atom stereocenters. The van der Waals surface area contributed by atoms with Gasteiger partial charge in [0.1, 0.15) is 6.54 Å². The quantitative estimate of drug-likeness (QED) is 0.744. The third kappa shape index (κ3) is 1.69. The fraction of sp³-hybridized carbons (Fsp3) is 0.154. The molecule has 0 amide bonds. The van der Waals surface area contributed by atoms with Gasteiger partial charge in [-0.05, 0) is 19.1 Å². The summed E-state index contributed by atoms with van der Waals surface area (Å²) in [7, 11) is 0. The van der Waals surface area contributed by atoms with Crippen LogP contribution in [0.1, 0.15) is 5.69 Å². The number of nitrogens with zero attached hydrogens (tertiary/aromatic N) is 3. The van der Waals surface area contributed by atoms with E-state index < -0.39 is 5.97 Å². The maximum Gasteiger partial charge on any atom is 0.325 e. The Morgan fingerprint density at radius 2 is 2.11 bits per heavy atom. The Morgan fingerprint density at radius 3 is 2.84 bits per heavy atom. The number of hydrogen-bond donors (Lipinski definition) is 1. The monoisotopic (exact) mass is 257 g/mol. The molecule has 96 valence electrons. The number of carboxylic acid groups (broad SMARTS) is 1. The zero-order valence-electron chi connectivity index (χ0n) is 10.2. The number of fused-ring (bicyclic) bond motifs is 3. The van der Waals surface area contributed by atoms with E-state index >= 15 is 0 Å². The largest absolute Gasteiger partial charge is 0.480 e. The fourth-order valence-electron chi connectivity index (χ4n) is 2.35. The zero-order valence-corrected chi connectivity index (χ0v) is 10.2. The highest BCUT2D eigenvalue weighted by atomic mass is 16.4. The Hall–Kier alpha value is -2.63. The first kappa shape index (κ1) is 11.5. The Balaban J connectivity index is 2.55. The van der Waals surface area contributed by atoms with Crippen LogP contribution in [0.25, 0.3) is 16.6 Å². The summed E-state index contributed by atoms with van der Waals surface area (Å²) < 4.78 is 3.27. The van der Waals surface area contributed by atoms with E-state index in [1.165, 1.54) is 6.07 Å².